The molecule has 0 bridgehead atoms. The Labute approximate surface area is 172 Å². The van der Waals surface area contributed by atoms with Crippen LogP contribution in [0.3, 0.4) is 0 Å². The summed E-state index contributed by atoms with van der Waals surface area (Å²) in [7, 11) is 1.59. The highest BCUT2D eigenvalue weighted by atomic mass is 16.5. The zero-order valence-electron chi connectivity index (χ0n) is 17.8. The number of nitrogens with zero attached hydrogens (tertiary/aromatic N) is 1. The van der Waals surface area contributed by atoms with Crippen molar-refractivity contribution in [3.8, 4) is 11.5 Å². The van der Waals surface area contributed by atoms with E-state index in [4.69, 9.17) is 9.47 Å². The summed E-state index contributed by atoms with van der Waals surface area (Å²) in [6.07, 6.45) is 0. The van der Waals surface area contributed by atoms with Crippen LogP contribution in [0.4, 0.5) is 0 Å². The van der Waals surface area contributed by atoms with Crippen LogP contribution in [0.5, 0.6) is 11.5 Å². The Kier molecular flexibility index (Phi) is 8.07. The molecule has 0 aliphatic carbocycles. The fourth-order valence-electron chi connectivity index (χ4n) is 2.96. The number of hydrogen-bond acceptors (Lipinski definition) is 4. The highest BCUT2D eigenvalue weighted by molar-refractivity contribution is 5.87. The number of carbonyl (C=O) groups excluding carboxylic acids is 2. The Morgan fingerprint density at radius 2 is 1.90 bits per heavy atom. The molecule has 1 N–H and O–H groups in total. The minimum atomic E-state index is -0.629. The molecule has 0 aromatic heterocycles. The molecule has 0 heterocycles. The number of methoxy groups -OCH3 is 1. The van der Waals surface area contributed by atoms with E-state index in [0.29, 0.717) is 18.0 Å². The number of hydrogen-bond donors (Lipinski definition) is 1. The monoisotopic (exact) mass is 398 g/mol. The van der Waals surface area contributed by atoms with Gasteiger partial charge in [0.15, 0.2) is 6.61 Å². The SMILES string of the molecule is CCNC(=O)C(C)N(Cc1cccc(OC)c1)C(=O)COc1cc(C)ccc1C. The summed E-state index contributed by atoms with van der Waals surface area (Å²) < 4.78 is 11.1. The smallest absolute Gasteiger partial charge is 0.261 e. The van der Waals surface area contributed by atoms with E-state index in [1.165, 1.54) is 4.90 Å². The van der Waals surface area contributed by atoms with Crippen LogP contribution in [-0.2, 0) is 16.1 Å². The molecular weight excluding hydrogens is 368 g/mol. The standard InChI is InChI=1S/C23H30N2O4/c1-6-24-23(27)18(4)25(14-19-8-7-9-20(13-19)28-5)22(26)15-29-21-12-16(2)10-11-17(21)3/h7-13,18H,6,14-15H2,1-5H3,(H,24,27). The number of likely N-dealkylation sites (N-methyl/N-ethyl adjacent to an activating group) is 1. The molecule has 2 amide bonds. The van der Waals surface area contributed by atoms with Gasteiger partial charge in [0.25, 0.3) is 5.91 Å². The van der Waals surface area contributed by atoms with Crippen LogP contribution in [0.15, 0.2) is 42.5 Å². The molecule has 1 unspecified atom stereocenters. The first-order valence-electron chi connectivity index (χ1n) is 9.75. The molecule has 1 atom stereocenters. The lowest BCUT2D eigenvalue weighted by Crippen LogP contribution is -2.49. The third-order valence-electron chi connectivity index (χ3n) is 4.70. The minimum Gasteiger partial charge on any atom is -0.497 e. The van der Waals surface area contributed by atoms with Crippen molar-refractivity contribution in [1.82, 2.24) is 10.2 Å². The molecule has 6 nitrogen and oxygen atoms in total. The maximum Gasteiger partial charge on any atom is 0.261 e. The van der Waals surface area contributed by atoms with Gasteiger partial charge in [-0.2, -0.15) is 0 Å². The summed E-state index contributed by atoms with van der Waals surface area (Å²) in [5.41, 5.74) is 2.89. The van der Waals surface area contributed by atoms with E-state index in [9.17, 15) is 9.59 Å². The molecule has 0 aliphatic rings. The molecule has 0 saturated heterocycles. The van der Waals surface area contributed by atoms with Crippen molar-refractivity contribution in [2.24, 2.45) is 0 Å². The predicted octanol–water partition coefficient (Wildman–Crippen LogP) is 3.24. The van der Waals surface area contributed by atoms with Crippen molar-refractivity contribution in [3.05, 3.63) is 59.2 Å². The van der Waals surface area contributed by atoms with Gasteiger partial charge in [0.2, 0.25) is 5.91 Å². The first-order valence-corrected chi connectivity index (χ1v) is 9.75. The quantitative estimate of drug-likeness (QED) is 0.704. The molecule has 2 rings (SSSR count). The topological polar surface area (TPSA) is 67.9 Å². The Morgan fingerprint density at radius 3 is 2.59 bits per heavy atom. The summed E-state index contributed by atoms with van der Waals surface area (Å²) in [6.45, 7) is 8.13. The van der Waals surface area contributed by atoms with Crippen LogP contribution >= 0.6 is 0 Å². The lowest BCUT2D eigenvalue weighted by Gasteiger charge is -2.29. The van der Waals surface area contributed by atoms with E-state index in [1.54, 1.807) is 14.0 Å². The molecule has 29 heavy (non-hydrogen) atoms. The average molecular weight is 399 g/mol. The van der Waals surface area contributed by atoms with Crippen LogP contribution in [-0.4, -0.2) is 43.0 Å². The second-order valence-electron chi connectivity index (χ2n) is 7.00. The highest BCUT2D eigenvalue weighted by Gasteiger charge is 2.26. The van der Waals surface area contributed by atoms with E-state index in [0.717, 1.165) is 16.7 Å². The van der Waals surface area contributed by atoms with Gasteiger partial charge >= 0.3 is 0 Å². The molecule has 6 heteroatoms. The Morgan fingerprint density at radius 1 is 1.14 bits per heavy atom. The van der Waals surface area contributed by atoms with Gasteiger partial charge in [-0.25, -0.2) is 0 Å². The number of ether oxygens (including phenoxy) is 2. The fourth-order valence-corrected chi connectivity index (χ4v) is 2.96. The first-order chi connectivity index (χ1) is 13.8. The third kappa shape index (κ3) is 6.24. The van der Waals surface area contributed by atoms with Crippen molar-refractivity contribution in [1.29, 1.82) is 0 Å². The van der Waals surface area contributed by atoms with Gasteiger partial charge in [0, 0.05) is 13.1 Å². The van der Waals surface area contributed by atoms with Crippen molar-refractivity contribution in [2.45, 2.75) is 40.3 Å². The fraction of sp³-hybridized carbons (Fsp3) is 0.391. The number of benzene rings is 2. The summed E-state index contributed by atoms with van der Waals surface area (Å²) in [5, 5.41) is 2.78. The van der Waals surface area contributed by atoms with Crippen LogP contribution in [0.25, 0.3) is 0 Å². The molecule has 2 aromatic rings. The largest absolute Gasteiger partial charge is 0.497 e. The van der Waals surface area contributed by atoms with Gasteiger partial charge in [-0.3, -0.25) is 9.59 Å². The normalized spacial score (nSPS) is 11.5. The second kappa shape index (κ2) is 10.5. The first kappa shape index (κ1) is 22.3. The van der Waals surface area contributed by atoms with Crippen molar-refractivity contribution < 1.29 is 19.1 Å². The molecule has 0 fully saturated rings. The van der Waals surface area contributed by atoms with Gasteiger partial charge in [-0.05, 0) is 62.6 Å². The number of aryl methyl sites for hydroxylation is 2. The van der Waals surface area contributed by atoms with Gasteiger partial charge in [-0.1, -0.05) is 24.3 Å². The van der Waals surface area contributed by atoms with Crippen LogP contribution in [0.1, 0.15) is 30.5 Å². The molecule has 2 aromatic carbocycles. The lowest BCUT2D eigenvalue weighted by molar-refractivity contribution is -0.142. The molecule has 156 valence electrons. The Balaban J connectivity index is 2.19. The van der Waals surface area contributed by atoms with Gasteiger partial charge in [0.05, 0.1) is 7.11 Å². The third-order valence-corrected chi connectivity index (χ3v) is 4.70. The van der Waals surface area contributed by atoms with Crippen molar-refractivity contribution >= 4 is 11.8 Å². The average Bonchev–Trinajstić information content (AvgIpc) is 2.72. The van der Waals surface area contributed by atoms with Gasteiger partial charge in [0.1, 0.15) is 17.5 Å². The maximum atomic E-state index is 13.0. The molecular formula is C23H30N2O4. The van der Waals surface area contributed by atoms with E-state index >= 15 is 0 Å². The van der Waals surface area contributed by atoms with E-state index in [1.807, 2.05) is 63.2 Å². The van der Waals surface area contributed by atoms with Crippen LogP contribution < -0.4 is 14.8 Å². The summed E-state index contributed by atoms with van der Waals surface area (Å²) in [4.78, 5) is 26.9. The van der Waals surface area contributed by atoms with Gasteiger partial charge < -0.3 is 19.7 Å². The zero-order valence-corrected chi connectivity index (χ0v) is 17.8. The minimum absolute atomic E-state index is 0.141. The Bertz CT molecular complexity index is 851. The molecule has 0 saturated carbocycles. The highest BCUT2D eigenvalue weighted by Crippen LogP contribution is 2.20. The zero-order chi connectivity index (χ0) is 21.4. The number of carbonyl (C=O) groups is 2. The molecule has 0 spiro atoms. The van der Waals surface area contributed by atoms with E-state index in [2.05, 4.69) is 5.32 Å². The van der Waals surface area contributed by atoms with Crippen molar-refractivity contribution in [3.63, 3.8) is 0 Å². The molecule has 0 aliphatic heterocycles. The van der Waals surface area contributed by atoms with Crippen LogP contribution in [0.2, 0.25) is 0 Å². The summed E-state index contributed by atoms with van der Waals surface area (Å²) >= 11 is 0. The maximum absolute atomic E-state index is 13.0. The lowest BCUT2D eigenvalue weighted by atomic mass is 10.1. The number of nitrogens with one attached hydrogen (secondary N) is 1. The summed E-state index contributed by atoms with van der Waals surface area (Å²) in [5.74, 6) is 0.917. The predicted molar refractivity (Wildman–Crippen MR) is 113 cm³/mol. The van der Waals surface area contributed by atoms with Crippen molar-refractivity contribution in [2.75, 3.05) is 20.3 Å². The van der Waals surface area contributed by atoms with E-state index < -0.39 is 6.04 Å². The summed E-state index contributed by atoms with van der Waals surface area (Å²) in [6, 6.07) is 12.7. The number of rotatable bonds is 9. The number of amides is 2. The Hall–Kier alpha value is -3.02. The van der Waals surface area contributed by atoms with Gasteiger partial charge in [-0.15, -0.1) is 0 Å². The van der Waals surface area contributed by atoms with E-state index in [-0.39, 0.29) is 25.0 Å². The van der Waals surface area contributed by atoms with Crippen LogP contribution in [0, 0.1) is 13.8 Å². The second-order valence-corrected chi connectivity index (χ2v) is 7.00. The molecule has 0 radical (unpaired) electrons.